The van der Waals surface area contributed by atoms with Crippen LogP contribution in [0.5, 0.6) is 0 Å². The van der Waals surface area contributed by atoms with E-state index in [1.165, 1.54) is 25.4 Å². The molecular weight excluding hydrogens is 407 g/mol. The molecule has 1 aromatic carbocycles. The Balaban J connectivity index is 1.92. The van der Waals surface area contributed by atoms with E-state index in [0.717, 1.165) is 6.07 Å². The Morgan fingerprint density at radius 3 is 2.71 bits per heavy atom. The number of rotatable bonds is 5. The number of hydrogen-bond acceptors (Lipinski definition) is 7. The number of carbonyl (C=O) groups is 2. The lowest BCUT2D eigenvalue weighted by atomic mass is 9.98. The second-order valence-electron chi connectivity index (χ2n) is 7.17. The maximum atomic E-state index is 14.6. The molecule has 0 unspecified atom stereocenters. The average molecular weight is 428 g/mol. The first-order chi connectivity index (χ1) is 14.9. The number of carboxylic acid groups (broad SMARTS) is 1. The fourth-order valence-electron chi connectivity index (χ4n) is 3.84. The topological polar surface area (TPSA) is 135 Å². The molecule has 162 valence electrons. The summed E-state index contributed by atoms with van der Waals surface area (Å²) >= 11 is 0. The fraction of sp³-hybridized carbons (Fsp3) is 0.300. The largest absolute Gasteiger partial charge is 0.465 e. The summed E-state index contributed by atoms with van der Waals surface area (Å²) in [5, 5.41) is 15.2. The predicted molar refractivity (Wildman–Crippen MR) is 111 cm³/mol. The number of aromatic nitrogens is 3. The van der Waals surface area contributed by atoms with Gasteiger partial charge in [0.05, 0.1) is 30.2 Å². The summed E-state index contributed by atoms with van der Waals surface area (Å²) < 4.78 is 21.6. The highest BCUT2D eigenvalue weighted by Gasteiger charge is 2.27. The van der Waals surface area contributed by atoms with Crippen LogP contribution in [0.1, 0.15) is 23.0 Å². The lowest BCUT2D eigenvalue weighted by Gasteiger charge is -2.26. The molecule has 4 N–H and O–H groups in total. The summed E-state index contributed by atoms with van der Waals surface area (Å²) in [6, 6.07) is 3.99. The first-order valence-electron chi connectivity index (χ1n) is 9.61. The van der Waals surface area contributed by atoms with Gasteiger partial charge in [-0.15, -0.1) is 0 Å². The number of ketones is 1. The van der Waals surface area contributed by atoms with Crippen LogP contribution in [0.4, 0.5) is 20.7 Å². The molecule has 0 spiro atoms. The van der Waals surface area contributed by atoms with Crippen LogP contribution in [-0.4, -0.2) is 62.8 Å². The number of hydrogen-bond donors (Lipinski definition) is 3. The van der Waals surface area contributed by atoms with E-state index in [1.54, 1.807) is 4.52 Å². The van der Waals surface area contributed by atoms with Gasteiger partial charge in [0, 0.05) is 25.2 Å². The number of carbonyl (C=O) groups excluding carboxylic acids is 1. The lowest BCUT2D eigenvalue weighted by molar-refractivity contribution is 0.0333. The zero-order chi connectivity index (χ0) is 22.1. The number of halogens is 1. The molecule has 0 radical (unpaired) electrons. The Hall–Kier alpha value is -3.57. The Labute approximate surface area is 176 Å². The normalized spacial score (nSPS) is 14.6. The molecular formula is C20H21FN6O4. The molecule has 0 atom stereocenters. The van der Waals surface area contributed by atoms with Crippen molar-refractivity contribution >= 4 is 28.9 Å². The summed E-state index contributed by atoms with van der Waals surface area (Å²) in [5.74, 6) is -0.857. The Bertz CT molecular complexity index is 1170. The van der Waals surface area contributed by atoms with Gasteiger partial charge >= 0.3 is 6.09 Å². The second-order valence-corrected chi connectivity index (χ2v) is 7.17. The van der Waals surface area contributed by atoms with E-state index in [0.29, 0.717) is 60.7 Å². The smallest absolute Gasteiger partial charge is 0.409 e. The molecule has 0 saturated carbocycles. The molecule has 0 aliphatic carbocycles. The number of nitrogens with one attached hydrogen (secondary N) is 1. The molecule has 1 amide bonds. The number of nitrogen functional groups attached to an aromatic ring is 1. The molecule has 1 fully saturated rings. The first-order valence-corrected chi connectivity index (χ1v) is 9.61. The number of fused-ring (bicyclic) bond motifs is 1. The minimum absolute atomic E-state index is 0.147. The molecule has 1 saturated heterocycles. The number of nitrogens with two attached hydrogens (primary N) is 1. The van der Waals surface area contributed by atoms with Crippen molar-refractivity contribution in [3.05, 3.63) is 41.6 Å². The SMILES string of the molecule is CC(=O)c1c(-c2ccc(NC(=O)O)c(F)c2)c2c(N)ncnn2c1CN1CCOCC1. The van der Waals surface area contributed by atoms with Gasteiger partial charge in [0.2, 0.25) is 0 Å². The first kappa shape index (κ1) is 20.7. The molecule has 1 aliphatic heterocycles. The summed E-state index contributed by atoms with van der Waals surface area (Å²) in [6.07, 6.45) is -0.0740. The van der Waals surface area contributed by atoms with E-state index in [9.17, 15) is 14.0 Å². The van der Waals surface area contributed by atoms with Crippen molar-refractivity contribution in [3.63, 3.8) is 0 Å². The highest BCUT2D eigenvalue weighted by atomic mass is 19.1. The molecule has 31 heavy (non-hydrogen) atoms. The van der Waals surface area contributed by atoms with E-state index in [-0.39, 0.29) is 17.3 Å². The zero-order valence-electron chi connectivity index (χ0n) is 16.8. The zero-order valence-corrected chi connectivity index (χ0v) is 16.8. The Morgan fingerprint density at radius 1 is 1.32 bits per heavy atom. The third kappa shape index (κ3) is 3.92. The van der Waals surface area contributed by atoms with Crippen molar-refractivity contribution in [2.45, 2.75) is 13.5 Å². The van der Waals surface area contributed by atoms with Crippen LogP contribution in [-0.2, 0) is 11.3 Å². The van der Waals surface area contributed by atoms with Crippen molar-refractivity contribution in [3.8, 4) is 11.1 Å². The number of benzene rings is 1. The van der Waals surface area contributed by atoms with Gasteiger partial charge in [0.1, 0.15) is 17.7 Å². The minimum atomic E-state index is -1.38. The average Bonchev–Trinajstić information content (AvgIpc) is 3.06. The van der Waals surface area contributed by atoms with Gasteiger partial charge in [-0.3, -0.25) is 15.0 Å². The van der Waals surface area contributed by atoms with Crippen LogP contribution in [0.15, 0.2) is 24.5 Å². The maximum absolute atomic E-state index is 14.6. The van der Waals surface area contributed by atoms with Gasteiger partial charge < -0.3 is 15.6 Å². The molecule has 1 aliphatic rings. The minimum Gasteiger partial charge on any atom is -0.465 e. The van der Waals surface area contributed by atoms with Crippen LogP contribution in [0.25, 0.3) is 16.6 Å². The monoisotopic (exact) mass is 428 g/mol. The molecule has 3 heterocycles. The Kier molecular flexibility index (Phi) is 5.53. The van der Waals surface area contributed by atoms with Crippen molar-refractivity contribution in [1.82, 2.24) is 19.5 Å². The standard InChI is InChI=1S/C20H21FN6O4/c1-11(28)16-15(9-26-4-6-31-7-5-26)27-18(19(22)23-10-24-27)17(16)12-2-3-14(13(21)8-12)25-20(29)30/h2-3,8,10,25H,4-7,9H2,1H3,(H,29,30)(H2,22,23,24). The summed E-state index contributed by atoms with van der Waals surface area (Å²) in [4.78, 5) is 29.8. The number of morpholine rings is 1. The van der Waals surface area contributed by atoms with Gasteiger partial charge in [-0.1, -0.05) is 6.07 Å². The van der Waals surface area contributed by atoms with Crippen molar-refractivity contribution in [2.75, 3.05) is 37.4 Å². The van der Waals surface area contributed by atoms with Gasteiger partial charge in [0.25, 0.3) is 0 Å². The van der Waals surface area contributed by atoms with Gasteiger partial charge in [-0.25, -0.2) is 18.7 Å². The number of nitrogens with zero attached hydrogens (tertiary/aromatic N) is 4. The molecule has 4 rings (SSSR count). The van der Waals surface area contributed by atoms with Crippen LogP contribution in [0.3, 0.4) is 0 Å². The van der Waals surface area contributed by atoms with E-state index in [2.05, 4.69) is 15.0 Å². The molecule has 10 nitrogen and oxygen atoms in total. The van der Waals surface area contributed by atoms with Crippen molar-refractivity contribution in [1.29, 1.82) is 0 Å². The van der Waals surface area contributed by atoms with Gasteiger partial charge in [-0.2, -0.15) is 5.10 Å². The predicted octanol–water partition coefficient (Wildman–Crippen LogP) is 2.24. The maximum Gasteiger partial charge on any atom is 0.409 e. The van der Waals surface area contributed by atoms with Crippen LogP contribution in [0.2, 0.25) is 0 Å². The van der Waals surface area contributed by atoms with Crippen LogP contribution < -0.4 is 11.1 Å². The number of ether oxygens (including phenoxy) is 1. The highest BCUT2D eigenvalue weighted by molar-refractivity contribution is 6.08. The third-order valence-electron chi connectivity index (χ3n) is 5.18. The van der Waals surface area contributed by atoms with Gasteiger partial charge in [0.15, 0.2) is 11.6 Å². The summed E-state index contributed by atoms with van der Waals surface area (Å²) in [6.45, 7) is 4.44. The fourth-order valence-corrected chi connectivity index (χ4v) is 3.84. The van der Waals surface area contributed by atoms with Crippen molar-refractivity contribution < 1.29 is 23.8 Å². The molecule has 3 aromatic rings. The third-order valence-corrected chi connectivity index (χ3v) is 5.18. The number of amides is 1. The van der Waals surface area contributed by atoms with E-state index >= 15 is 0 Å². The quantitative estimate of drug-likeness (QED) is 0.527. The summed E-state index contributed by atoms with van der Waals surface area (Å²) in [7, 11) is 0. The van der Waals surface area contributed by atoms with Crippen molar-refractivity contribution in [2.24, 2.45) is 0 Å². The van der Waals surface area contributed by atoms with Crippen LogP contribution >= 0.6 is 0 Å². The number of Topliss-reactive ketones (excluding diaryl/α,β-unsaturated/α-hetero) is 1. The van der Waals surface area contributed by atoms with Gasteiger partial charge in [-0.05, 0) is 24.6 Å². The highest BCUT2D eigenvalue weighted by Crippen LogP contribution is 2.37. The van der Waals surface area contributed by atoms with E-state index < -0.39 is 11.9 Å². The van der Waals surface area contributed by atoms with E-state index in [4.69, 9.17) is 15.6 Å². The molecule has 0 bridgehead atoms. The second kappa shape index (κ2) is 8.28. The van der Waals surface area contributed by atoms with Crippen LogP contribution in [0, 0.1) is 5.82 Å². The van der Waals surface area contributed by atoms with E-state index in [1.807, 2.05) is 5.32 Å². The Morgan fingerprint density at radius 2 is 2.06 bits per heavy atom. The molecule has 2 aromatic heterocycles. The lowest BCUT2D eigenvalue weighted by Crippen LogP contribution is -2.36. The molecule has 11 heteroatoms. The number of anilines is 2. The summed E-state index contributed by atoms with van der Waals surface area (Å²) in [5.41, 5.74) is 8.12.